The minimum Gasteiger partial charge on any atom is -0.345 e. The van der Waals surface area contributed by atoms with Crippen LogP contribution in [0.1, 0.15) is 50.7 Å². The van der Waals surface area contributed by atoms with E-state index in [1.165, 1.54) is 71.2 Å². The van der Waals surface area contributed by atoms with E-state index in [-0.39, 0.29) is 6.71 Å². The van der Waals surface area contributed by atoms with Crippen LogP contribution in [-0.2, 0) is 0 Å². The molecule has 0 saturated heterocycles. The molecule has 6 aromatic rings. The molecule has 1 heterocycles. The molecule has 0 saturated carbocycles. The lowest BCUT2D eigenvalue weighted by atomic mass is 9.36. The number of anilines is 2. The van der Waals surface area contributed by atoms with E-state index >= 15 is 0 Å². The Bertz CT molecular complexity index is 1800. The molecule has 37 heavy (non-hydrogen) atoms. The van der Waals surface area contributed by atoms with E-state index in [1.54, 1.807) is 0 Å². The number of para-hydroxylation sites is 1. The van der Waals surface area contributed by atoms with E-state index < -0.39 is 0 Å². The van der Waals surface area contributed by atoms with Gasteiger partial charge in [0.05, 0.1) is 0 Å². The van der Waals surface area contributed by atoms with Crippen LogP contribution in [0.5, 0.6) is 0 Å². The zero-order valence-corrected chi connectivity index (χ0v) is 22.3. The average Bonchev–Trinajstić information content (AvgIpc) is 3.02. The van der Waals surface area contributed by atoms with Crippen molar-refractivity contribution in [2.45, 2.75) is 39.5 Å². The first kappa shape index (κ1) is 22.4. The van der Waals surface area contributed by atoms with E-state index in [0.717, 1.165) is 0 Å². The Kier molecular flexibility index (Phi) is 4.92. The maximum Gasteiger partial charge on any atom is 0.244 e. The van der Waals surface area contributed by atoms with Gasteiger partial charge in [0.25, 0.3) is 0 Å². The molecule has 180 valence electrons. The van der Waals surface area contributed by atoms with Crippen molar-refractivity contribution in [3.63, 3.8) is 0 Å². The number of hydrogen-bond acceptors (Lipinski definition) is 1. The van der Waals surface area contributed by atoms with Gasteiger partial charge in [0.15, 0.2) is 0 Å². The van der Waals surface area contributed by atoms with Crippen molar-refractivity contribution < 1.29 is 0 Å². The summed E-state index contributed by atoms with van der Waals surface area (Å²) in [6.45, 7) is 9.52. The van der Waals surface area contributed by atoms with Gasteiger partial charge >= 0.3 is 0 Å². The van der Waals surface area contributed by atoms with E-state index in [9.17, 15) is 0 Å². The smallest absolute Gasteiger partial charge is 0.244 e. The SMILES string of the molecule is CC(C)c1cc(C(C)C)c2cc3c4c(ccc5ccc1c2c54)B(c1ccccc1)c1ccccc1N3C. The first-order valence-corrected chi connectivity index (χ1v) is 13.6. The molecule has 0 atom stereocenters. The highest BCUT2D eigenvalue weighted by molar-refractivity contribution is 6.98. The zero-order valence-electron chi connectivity index (χ0n) is 22.3. The minimum absolute atomic E-state index is 0.180. The van der Waals surface area contributed by atoms with Crippen LogP contribution in [0.3, 0.4) is 0 Å². The number of nitrogens with zero attached hydrogens (tertiary/aromatic N) is 1. The molecule has 0 amide bonds. The van der Waals surface area contributed by atoms with Gasteiger partial charge in [-0.05, 0) is 67.5 Å². The van der Waals surface area contributed by atoms with Crippen LogP contribution in [0.25, 0.3) is 32.3 Å². The first-order chi connectivity index (χ1) is 18.0. The molecule has 0 fully saturated rings. The van der Waals surface area contributed by atoms with Crippen molar-refractivity contribution in [1.82, 2.24) is 0 Å². The third-order valence-corrected chi connectivity index (χ3v) is 8.62. The number of benzene rings is 6. The van der Waals surface area contributed by atoms with Crippen LogP contribution in [0.2, 0.25) is 0 Å². The van der Waals surface area contributed by atoms with Crippen molar-refractivity contribution in [2.75, 3.05) is 11.9 Å². The summed E-state index contributed by atoms with van der Waals surface area (Å²) >= 11 is 0. The summed E-state index contributed by atoms with van der Waals surface area (Å²) in [6, 6.07) is 34.5. The normalized spacial score (nSPS) is 13.4. The standard InChI is InChI=1S/C35H32BN/c1-21(2)26-19-27(22(3)4)28-20-32-35-30(18-16-23-15-17-25(26)34(28)33(23)35)36(24-11-7-6-8-12-24)29-13-9-10-14-31(29)37(32)5/h6-22H,1-5H3. The highest BCUT2D eigenvalue weighted by Crippen LogP contribution is 2.46. The van der Waals surface area contributed by atoms with Gasteiger partial charge in [-0.1, -0.05) is 117 Å². The minimum atomic E-state index is 0.180. The fourth-order valence-electron chi connectivity index (χ4n) is 6.86. The van der Waals surface area contributed by atoms with Gasteiger partial charge in [-0.3, -0.25) is 0 Å². The summed E-state index contributed by atoms with van der Waals surface area (Å²) in [5.74, 6) is 0.926. The Hall–Kier alpha value is -3.78. The third kappa shape index (κ3) is 3.11. The lowest BCUT2D eigenvalue weighted by molar-refractivity contribution is 0.847. The molecule has 2 heteroatoms. The van der Waals surface area contributed by atoms with Crippen molar-refractivity contribution in [2.24, 2.45) is 0 Å². The third-order valence-electron chi connectivity index (χ3n) is 8.62. The van der Waals surface area contributed by atoms with Crippen LogP contribution < -0.4 is 21.3 Å². The van der Waals surface area contributed by atoms with Crippen LogP contribution in [0, 0.1) is 0 Å². The second kappa shape index (κ2) is 8.11. The van der Waals surface area contributed by atoms with Crippen molar-refractivity contribution in [3.05, 3.63) is 102 Å². The van der Waals surface area contributed by atoms with E-state index in [2.05, 4.69) is 131 Å². The summed E-state index contributed by atoms with van der Waals surface area (Å²) in [7, 11) is 2.25. The molecule has 0 spiro atoms. The highest BCUT2D eigenvalue weighted by Gasteiger charge is 2.33. The molecule has 6 aromatic carbocycles. The van der Waals surface area contributed by atoms with Crippen LogP contribution in [0.15, 0.2) is 91.0 Å². The van der Waals surface area contributed by atoms with Crippen LogP contribution in [-0.4, -0.2) is 13.8 Å². The lowest BCUT2D eigenvalue weighted by Gasteiger charge is -2.26. The Morgan fingerprint density at radius 3 is 2.00 bits per heavy atom. The Morgan fingerprint density at radius 1 is 0.568 bits per heavy atom. The molecule has 0 aliphatic carbocycles. The molecule has 0 aromatic heterocycles. The Morgan fingerprint density at radius 2 is 1.24 bits per heavy atom. The van der Waals surface area contributed by atoms with Gasteiger partial charge in [0.1, 0.15) is 0 Å². The maximum atomic E-state index is 2.50. The summed E-state index contributed by atoms with van der Waals surface area (Å²) < 4.78 is 0. The van der Waals surface area contributed by atoms with E-state index in [4.69, 9.17) is 0 Å². The second-order valence-electron chi connectivity index (χ2n) is 11.4. The molecule has 1 aliphatic rings. The predicted molar refractivity (Wildman–Crippen MR) is 164 cm³/mol. The van der Waals surface area contributed by atoms with Gasteiger partial charge in [-0.25, -0.2) is 0 Å². The molecule has 0 N–H and O–H groups in total. The zero-order chi connectivity index (χ0) is 25.4. The van der Waals surface area contributed by atoms with Gasteiger partial charge < -0.3 is 4.90 Å². The molecular weight excluding hydrogens is 445 g/mol. The van der Waals surface area contributed by atoms with Crippen molar-refractivity contribution in [1.29, 1.82) is 0 Å². The van der Waals surface area contributed by atoms with Gasteiger partial charge in [-0.2, -0.15) is 0 Å². The topological polar surface area (TPSA) is 3.24 Å². The fourth-order valence-corrected chi connectivity index (χ4v) is 6.86. The quantitative estimate of drug-likeness (QED) is 0.189. The van der Waals surface area contributed by atoms with E-state index in [1.807, 2.05) is 0 Å². The molecule has 7 rings (SSSR count). The first-order valence-electron chi connectivity index (χ1n) is 13.6. The highest BCUT2D eigenvalue weighted by atomic mass is 15.1. The molecule has 1 aliphatic heterocycles. The molecule has 0 unspecified atom stereocenters. The fraction of sp³-hybridized carbons (Fsp3) is 0.200. The summed E-state index contributed by atoms with van der Waals surface area (Å²) in [5, 5.41) is 8.42. The van der Waals surface area contributed by atoms with Gasteiger partial charge in [0.2, 0.25) is 6.71 Å². The summed E-state index contributed by atoms with van der Waals surface area (Å²) in [5.41, 5.74) is 9.63. The molecule has 0 bridgehead atoms. The molecule has 0 radical (unpaired) electrons. The maximum absolute atomic E-state index is 2.50. The average molecular weight is 477 g/mol. The summed E-state index contributed by atoms with van der Waals surface area (Å²) in [4.78, 5) is 2.44. The van der Waals surface area contributed by atoms with Crippen molar-refractivity contribution >= 4 is 66.8 Å². The monoisotopic (exact) mass is 477 g/mol. The van der Waals surface area contributed by atoms with Crippen molar-refractivity contribution in [3.8, 4) is 0 Å². The number of fused-ring (bicyclic) bond motifs is 1. The second-order valence-corrected chi connectivity index (χ2v) is 11.4. The van der Waals surface area contributed by atoms with Gasteiger partial charge in [0, 0.05) is 23.8 Å². The van der Waals surface area contributed by atoms with Crippen LogP contribution in [0.4, 0.5) is 11.4 Å². The Labute approximate surface area is 220 Å². The lowest BCUT2D eigenvalue weighted by Crippen LogP contribution is -2.52. The summed E-state index contributed by atoms with van der Waals surface area (Å²) in [6.07, 6.45) is 0. The van der Waals surface area contributed by atoms with Crippen LogP contribution >= 0.6 is 0 Å². The number of hydrogen-bond donors (Lipinski definition) is 0. The largest absolute Gasteiger partial charge is 0.345 e. The number of rotatable bonds is 3. The Balaban J connectivity index is 1.73. The van der Waals surface area contributed by atoms with E-state index in [0.29, 0.717) is 11.8 Å². The van der Waals surface area contributed by atoms with Gasteiger partial charge in [-0.15, -0.1) is 0 Å². The molecule has 1 nitrogen and oxygen atoms in total. The predicted octanol–water partition coefficient (Wildman–Crippen LogP) is 7.43. The molecular formula is C35H32BN.